The molecule has 0 aromatic carbocycles. The molecule has 59 heavy (non-hydrogen) atoms. The topological polar surface area (TPSA) is 189 Å². The Hall–Kier alpha value is -1.67. The summed E-state index contributed by atoms with van der Waals surface area (Å²) < 4.78 is 11.1. The van der Waals surface area contributed by atoms with E-state index >= 15 is 0 Å². The number of hydrogen-bond acceptors (Lipinski definition) is 10. The first kappa shape index (κ1) is 55.3. The molecule has 346 valence electrons. The van der Waals surface area contributed by atoms with Gasteiger partial charge in [0.05, 0.1) is 25.4 Å². The molecule has 0 spiro atoms. The van der Waals surface area contributed by atoms with Crippen LogP contribution in [0.15, 0.2) is 36.5 Å². The van der Waals surface area contributed by atoms with E-state index in [1.807, 2.05) is 0 Å². The van der Waals surface area contributed by atoms with Crippen molar-refractivity contribution in [2.75, 3.05) is 13.2 Å². The van der Waals surface area contributed by atoms with Crippen molar-refractivity contribution in [3.8, 4) is 0 Å². The molecule has 1 saturated heterocycles. The van der Waals surface area contributed by atoms with Crippen molar-refractivity contribution >= 4 is 5.91 Å². The number of carbonyl (C=O) groups excluding carboxylic acids is 1. The third-order valence-electron chi connectivity index (χ3n) is 11.4. The number of carbonyl (C=O) groups is 1. The molecule has 9 unspecified atom stereocenters. The predicted molar refractivity (Wildman–Crippen MR) is 238 cm³/mol. The largest absolute Gasteiger partial charge is 0.394 e. The number of ether oxygens (including phenoxy) is 2. The predicted octanol–water partition coefficient (Wildman–Crippen LogP) is 8.00. The molecule has 11 nitrogen and oxygen atoms in total. The lowest BCUT2D eigenvalue weighted by Crippen LogP contribution is -2.60. The Morgan fingerprint density at radius 3 is 1.51 bits per heavy atom. The Morgan fingerprint density at radius 2 is 1.02 bits per heavy atom. The van der Waals surface area contributed by atoms with Crippen LogP contribution >= 0.6 is 0 Å². The van der Waals surface area contributed by atoms with Crippen LogP contribution in [0, 0.1) is 0 Å². The summed E-state index contributed by atoms with van der Waals surface area (Å²) in [6.07, 6.45) is 31.9. The van der Waals surface area contributed by atoms with Crippen molar-refractivity contribution < 1.29 is 50.0 Å². The fourth-order valence-electron chi connectivity index (χ4n) is 7.39. The molecule has 8 N–H and O–H groups in total. The molecule has 1 heterocycles. The summed E-state index contributed by atoms with van der Waals surface area (Å²) in [7, 11) is 0. The Kier molecular flexibility index (Phi) is 35.7. The third-order valence-corrected chi connectivity index (χ3v) is 11.4. The van der Waals surface area contributed by atoms with Gasteiger partial charge >= 0.3 is 0 Å². The second-order valence-electron chi connectivity index (χ2n) is 16.8. The van der Waals surface area contributed by atoms with Gasteiger partial charge in [-0.3, -0.25) is 4.79 Å². The van der Waals surface area contributed by atoms with Crippen LogP contribution in [0.3, 0.4) is 0 Å². The van der Waals surface area contributed by atoms with Gasteiger partial charge in [0.15, 0.2) is 6.29 Å². The first-order valence-electron chi connectivity index (χ1n) is 23.9. The van der Waals surface area contributed by atoms with E-state index in [1.54, 1.807) is 0 Å². The van der Waals surface area contributed by atoms with Crippen LogP contribution in [0.25, 0.3) is 0 Å². The van der Waals surface area contributed by atoms with Crippen LogP contribution in [0.1, 0.15) is 194 Å². The zero-order valence-electron chi connectivity index (χ0n) is 37.2. The molecule has 0 bridgehead atoms. The quantitative estimate of drug-likeness (QED) is 0.0223. The molecule has 9 atom stereocenters. The van der Waals surface area contributed by atoms with Crippen molar-refractivity contribution in [3.05, 3.63) is 36.5 Å². The molecule has 0 aromatic heterocycles. The number of allylic oxidation sites excluding steroid dienone is 6. The highest BCUT2D eigenvalue weighted by molar-refractivity contribution is 5.80. The normalized spacial score (nSPS) is 22.1. The lowest BCUT2D eigenvalue weighted by atomic mass is 9.98. The molecular formula is C48H89NO10. The average molecular weight is 840 g/mol. The molecule has 1 amide bonds. The van der Waals surface area contributed by atoms with Crippen molar-refractivity contribution in [3.63, 3.8) is 0 Å². The molecule has 0 radical (unpaired) electrons. The monoisotopic (exact) mass is 840 g/mol. The van der Waals surface area contributed by atoms with Crippen molar-refractivity contribution in [2.45, 2.75) is 249 Å². The summed E-state index contributed by atoms with van der Waals surface area (Å²) >= 11 is 0. The highest BCUT2D eigenvalue weighted by atomic mass is 16.7. The molecule has 0 aromatic rings. The number of aliphatic hydroxyl groups excluding tert-OH is 7. The number of aliphatic hydroxyl groups is 7. The summed E-state index contributed by atoms with van der Waals surface area (Å²) in [5.41, 5.74) is 0. The number of unbranched alkanes of at least 4 members (excludes halogenated alkanes) is 21. The summed E-state index contributed by atoms with van der Waals surface area (Å²) in [6, 6.07) is -1.19. The molecule has 11 heteroatoms. The van der Waals surface area contributed by atoms with Crippen LogP contribution in [0.5, 0.6) is 0 Å². The van der Waals surface area contributed by atoms with Gasteiger partial charge in [0.25, 0.3) is 0 Å². The van der Waals surface area contributed by atoms with E-state index in [-0.39, 0.29) is 12.8 Å². The fraction of sp³-hybridized carbons (Fsp3) is 0.854. The van der Waals surface area contributed by atoms with Crippen LogP contribution in [0.2, 0.25) is 0 Å². The van der Waals surface area contributed by atoms with E-state index in [0.717, 1.165) is 57.8 Å². The van der Waals surface area contributed by atoms with Gasteiger partial charge in [0.2, 0.25) is 5.91 Å². The van der Waals surface area contributed by atoms with Gasteiger partial charge in [0, 0.05) is 0 Å². The second kappa shape index (κ2) is 38.0. The average Bonchev–Trinajstić information content (AvgIpc) is 3.23. The molecule has 1 rings (SSSR count). The van der Waals surface area contributed by atoms with Gasteiger partial charge in [-0.05, 0) is 77.0 Å². The number of amides is 1. The van der Waals surface area contributed by atoms with E-state index < -0.39 is 74.2 Å². The minimum atomic E-state index is -1.67. The Morgan fingerprint density at radius 1 is 0.576 bits per heavy atom. The molecule has 1 fully saturated rings. The maximum absolute atomic E-state index is 13.1. The van der Waals surface area contributed by atoms with Gasteiger partial charge in [-0.25, -0.2) is 0 Å². The van der Waals surface area contributed by atoms with Gasteiger partial charge in [0.1, 0.15) is 36.6 Å². The number of nitrogens with one attached hydrogen (secondary N) is 1. The van der Waals surface area contributed by atoms with Crippen LogP contribution in [-0.4, -0.2) is 110 Å². The number of rotatable bonds is 39. The lowest BCUT2D eigenvalue weighted by molar-refractivity contribution is -0.303. The third kappa shape index (κ3) is 27.8. The van der Waals surface area contributed by atoms with Crippen LogP contribution in [0.4, 0.5) is 0 Å². The van der Waals surface area contributed by atoms with Crippen molar-refractivity contribution in [1.82, 2.24) is 5.32 Å². The zero-order chi connectivity index (χ0) is 43.4. The minimum absolute atomic E-state index is 0.243. The van der Waals surface area contributed by atoms with E-state index in [1.165, 1.54) is 89.9 Å². The molecule has 0 aliphatic carbocycles. The smallest absolute Gasteiger partial charge is 0.249 e. The van der Waals surface area contributed by atoms with Crippen LogP contribution < -0.4 is 5.32 Å². The minimum Gasteiger partial charge on any atom is -0.394 e. The Balaban J connectivity index is 2.47. The standard InChI is InChI=1S/C48H89NO10/c1-3-5-7-9-11-13-15-17-19-20-21-22-24-26-28-30-32-34-36-41(52)47(57)49-39(38-58-48-46(56)45(55)44(54)42(37-50)59-48)43(53)40(51)35-33-31-29-27-25-23-18-16-14-12-10-8-6-4-2/h16,18,20-21,27,29,39-46,48,50-56H,3-15,17,19,22-26,28,30-38H2,1-2H3,(H,49,57)/b18-16+,21-20-,29-27+. The zero-order valence-corrected chi connectivity index (χ0v) is 37.2. The SMILES string of the molecule is CCCCCCC/C=C/CC/C=C/CCCC(O)C(O)C(COC1OC(CO)C(O)C(O)C1O)NC(=O)C(O)CCCCCCCC/C=C\CCCCCCCCCC. The summed E-state index contributed by atoms with van der Waals surface area (Å²) in [5, 5.41) is 75.6. The van der Waals surface area contributed by atoms with E-state index in [9.17, 15) is 40.5 Å². The summed E-state index contributed by atoms with van der Waals surface area (Å²) in [4.78, 5) is 13.1. The van der Waals surface area contributed by atoms with Gasteiger partial charge in [-0.2, -0.15) is 0 Å². The Bertz CT molecular complexity index is 1050. The van der Waals surface area contributed by atoms with E-state index in [4.69, 9.17) is 9.47 Å². The maximum atomic E-state index is 13.1. The molecule has 0 saturated carbocycles. The van der Waals surface area contributed by atoms with Crippen molar-refractivity contribution in [1.29, 1.82) is 0 Å². The summed E-state index contributed by atoms with van der Waals surface area (Å²) in [5.74, 6) is -0.717. The van der Waals surface area contributed by atoms with Crippen molar-refractivity contribution in [2.24, 2.45) is 0 Å². The highest BCUT2D eigenvalue weighted by Crippen LogP contribution is 2.23. The second-order valence-corrected chi connectivity index (χ2v) is 16.8. The molecular weight excluding hydrogens is 751 g/mol. The van der Waals surface area contributed by atoms with Crippen LogP contribution in [-0.2, 0) is 14.3 Å². The molecule has 1 aliphatic heterocycles. The first-order chi connectivity index (χ1) is 28.7. The van der Waals surface area contributed by atoms with Gasteiger partial charge in [-0.1, -0.05) is 153 Å². The van der Waals surface area contributed by atoms with E-state index in [0.29, 0.717) is 19.3 Å². The fourth-order valence-corrected chi connectivity index (χ4v) is 7.39. The Labute approximate surface area is 358 Å². The molecule has 1 aliphatic rings. The lowest BCUT2D eigenvalue weighted by Gasteiger charge is -2.40. The first-order valence-corrected chi connectivity index (χ1v) is 23.9. The van der Waals surface area contributed by atoms with E-state index in [2.05, 4.69) is 55.6 Å². The summed E-state index contributed by atoms with van der Waals surface area (Å²) in [6.45, 7) is 3.39. The number of hydrogen-bond donors (Lipinski definition) is 8. The maximum Gasteiger partial charge on any atom is 0.249 e. The van der Waals surface area contributed by atoms with Gasteiger partial charge in [-0.15, -0.1) is 0 Å². The highest BCUT2D eigenvalue weighted by Gasteiger charge is 2.44. The van der Waals surface area contributed by atoms with Gasteiger partial charge < -0.3 is 50.5 Å².